The number of aliphatic hydroxyl groups is 1. The van der Waals surface area contributed by atoms with Crippen molar-refractivity contribution < 1.29 is 24.1 Å². The third-order valence-corrected chi connectivity index (χ3v) is 4.80. The molecule has 0 saturated heterocycles. The number of benzene rings is 2. The fraction of sp³-hybridized carbons (Fsp3) is 0.381. The average Bonchev–Trinajstić information content (AvgIpc) is 2.71. The van der Waals surface area contributed by atoms with Crippen LogP contribution in [0.1, 0.15) is 24.2 Å². The summed E-state index contributed by atoms with van der Waals surface area (Å²) in [4.78, 5) is 11.6. The Morgan fingerprint density at radius 1 is 1.32 bits per heavy atom. The summed E-state index contributed by atoms with van der Waals surface area (Å²) >= 11 is 5.97. The van der Waals surface area contributed by atoms with Gasteiger partial charge >= 0.3 is 5.97 Å². The van der Waals surface area contributed by atoms with Crippen molar-refractivity contribution >= 4 is 17.6 Å². The van der Waals surface area contributed by atoms with Crippen LogP contribution < -0.4 is 14.8 Å². The van der Waals surface area contributed by atoms with E-state index in [2.05, 4.69) is 17.0 Å². The molecule has 1 aliphatic rings. The van der Waals surface area contributed by atoms with Gasteiger partial charge < -0.3 is 24.6 Å². The predicted octanol–water partition coefficient (Wildman–Crippen LogP) is 2.91. The third-order valence-electron chi connectivity index (χ3n) is 4.57. The number of methoxy groups -OCH3 is 1. The summed E-state index contributed by atoms with van der Waals surface area (Å²) in [6.45, 7) is 2.60. The van der Waals surface area contributed by atoms with Crippen LogP contribution >= 0.6 is 11.6 Å². The van der Waals surface area contributed by atoms with E-state index in [-0.39, 0.29) is 12.6 Å². The lowest BCUT2D eigenvalue weighted by Crippen LogP contribution is -2.37. The number of aliphatic hydroxyl groups excluding tert-OH is 1. The van der Waals surface area contributed by atoms with Gasteiger partial charge in [-0.1, -0.05) is 29.8 Å². The van der Waals surface area contributed by atoms with E-state index in [1.54, 1.807) is 18.2 Å². The van der Waals surface area contributed by atoms with Crippen LogP contribution in [-0.4, -0.2) is 43.5 Å². The van der Waals surface area contributed by atoms with E-state index in [1.165, 1.54) is 7.11 Å². The van der Waals surface area contributed by atoms with Crippen molar-refractivity contribution in [1.82, 2.24) is 5.32 Å². The molecule has 1 heterocycles. The highest BCUT2D eigenvalue weighted by atomic mass is 35.5. The second-order valence-electron chi connectivity index (χ2n) is 6.81. The Bertz CT molecular complexity index is 828. The van der Waals surface area contributed by atoms with Crippen LogP contribution in [-0.2, 0) is 16.0 Å². The van der Waals surface area contributed by atoms with Gasteiger partial charge in [0.05, 0.1) is 13.2 Å². The van der Waals surface area contributed by atoms with Gasteiger partial charge in [-0.3, -0.25) is 0 Å². The molecule has 28 heavy (non-hydrogen) atoms. The predicted molar refractivity (Wildman–Crippen MR) is 106 cm³/mol. The third kappa shape index (κ3) is 5.16. The van der Waals surface area contributed by atoms with Crippen molar-refractivity contribution in [1.29, 1.82) is 0 Å². The number of rotatable bonds is 7. The van der Waals surface area contributed by atoms with Crippen molar-refractivity contribution in [3.63, 3.8) is 0 Å². The molecule has 6 nitrogen and oxygen atoms in total. The highest BCUT2D eigenvalue weighted by Crippen LogP contribution is 2.33. The minimum atomic E-state index is -0.739. The van der Waals surface area contributed by atoms with Crippen molar-refractivity contribution in [2.45, 2.75) is 31.6 Å². The molecule has 7 heteroatoms. The first-order valence-electron chi connectivity index (χ1n) is 9.13. The maximum atomic E-state index is 11.6. The molecule has 2 unspecified atom stereocenters. The Morgan fingerprint density at radius 3 is 2.89 bits per heavy atom. The van der Waals surface area contributed by atoms with Crippen LogP contribution in [0.25, 0.3) is 0 Å². The molecule has 0 aliphatic carbocycles. The van der Waals surface area contributed by atoms with Gasteiger partial charge in [-0.15, -0.1) is 0 Å². The molecule has 0 saturated carbocycles. The Morgan fingerprint density at radius 2 is 2.14 bits per heavy atom. The number of hydrogen-bond donors (Lipinski definition) is 2. The van der Waals surface area contributed by atoms with Gasteiger partial charge in [-0.05, 0) is 48.7 Å². The summed E-state index contributed by atoms with van der Waals surface area (Å²) in [6, 6.07) is 13.0. The minimum absolute atomic E-state index is 0.128. The van der Waals surface area contributed by atoms with Crippen LogP contribution in [0.4, 0.5) is 0 Å². The van der Waals surface area contributed by atoms with Crippen LogP contribution in [0.5, 0.6) is 11.5 Å². The second-order valence-corrected chi connectivity index (χ2v) is 7.24. The molecule has 0 bridgehead atoms. The maximum absolute atomic E-state index is 11.6. The number of esters is 1. The lowest BCUT2D eigenvalue weighted by atomic mass is 10.0. The first-order chi connectivity index (χ1) is 13.5. The van der Waals surface area contributed by atoms with E-state index in [0.717, 1.165) is 17.5 Å². The monoisotopic (exact) mass is 405 g/mol. The van der Waals surface area contributed by atoms with Crippen molar-refractivity contribution in [3.8, 4) is 11.5 Å². The lowest BCUT2D eigenvalue weighted by Gasteiger charge is -2.25. The van der Waals surface area contributed by atoms with E-state index < -0.39 is 18.2 Å². The van der Waals surface area contributed by atoms with Crippen LogP contribution in [0.3, 0.4) is 0 Å². The average molecular weight is 406 g/mol. The Labute approximate surface area is 169 Å². The number of halogens is 1. The molecule has 0 amide bonds. The zero-order valence-corrected chi connectivity index (χ0v) is 16.6. The quantitative estimate of drug-likeness (QED) is 0.690. The van der Waals surface area contributed by atoms with Crippen molar-refractivity contribution in [2.75, 3.05) is 20.3 Å². The van der Waals surface area contributed by atoms with Crippen LogP contribution in [0.2, 0.25) is 5.02 Å². The summed E-state index contributed by atoms with van der Waals surface area (Å²) in [7, 11) is 1.32. The number of fused-ring (bicyclic) bond motifs is 1. The Kier molecular flexibility index (Phi) is 6.78. The summed E-state index contributed by atoms with van der Waals surface area (Å²) in [5, 5.41) is 14.3. The van der Waals surface area contributed by atoms with E-state index in [4.69, 9.17) is 21.1 Å². The molecule has 150 valence electrons. The number of carbonyl (C=O) groups is 1. The van der Waals surface area contributed by atoms with E-state index in [0.29, 0.717) is 23.1 Å². The Balaban J connectivity index is 1.53. The van der Waals surface area contributed by atoms with Crippen LogP contribution in [0.15, 0.2) is 42.5 Å². The Hall–Kier alpha value is -2.28. The van der Waals surface area contributed by atoms with Crippen molar-refractivity contribution in [2.24, 2.45) is 0 Å². The van der Waals surface area contributed by atoms with Gasteiger partial charge in [0.25, 0.3) is 0 Å². The highest BCUT2D eigenvalue weighted by molar-refractivity contribution is 6.30. The molecule has 2 N–H and O–H groups in total. The molecule has 3 atom stereocenters. The molecule has 2 aromatic rings. The van der Waals surface area contributed by atoms with E-state index in [9.17, 15) is 9.90 Å². The largest absolute Gasteiger partial charge is 0.485 e. The second kappa shape index (κ2) is 9.28. The molecule has 3 rings (SSSR count). The topological polar surface area (TPSA) is 77.0 Å². The molecular weight excluding hydrogens is 382 g/mol. The normalized spacial score (nSPS) is 17.6. The molecule has 2 aromatic carbocycles. The van der Waals surface area contributed by atoms with Gasteiger partial charge in [-0.25, -0.2) is 4.79 Å². The smallest absolute Gasteiger partial charge is 0.350 e. The highest BCUT2D eigenvalue weighted by Gasteiger charge is 2.28. The first kappa shape index (κ1) is 20.5. The number of ether oxygens (including phenoxy) is 3. The van der Waals surface area contributed by atoms with Gasteiger partial charge in [0.1, 0.15) is 6.61 Å². The molecule has 0 fully saturated rings. The van der Waals surface area contributed by atoms with Gasteiger partial charge in [0.2, 0.25) is 6.10 Å². The zero-order chi connectivity index (χ0) is 20.1. The molecule has 0 radical (unpaired) electrons. The minimum Gasteiger partial charge on any atom is -0.485 e. The fourth-order valence-corrected chi connectivity index (χ4v) is 3.26. The SMILES string of the molecule is COC(=O)C1COc2cc(CC(C)NC[C@@H](O)c3cccc(Cl)c3)ccc2O1. The van der Waals surface area contributed by atoms with Gasteiger partial charge in [0.15, 0.2) is 11.5 Å². The molecular formula is C21H24ClNO5. The molecule has 1 aliphatic heterocycles. The van der Waals surface area contributed by atoms with Crippen molar-refractivity contribution in [3.05, 3.63) is 58.6 Å². The van der Waals surface area contributed by atoms with E-state index in [1.807, 2.05) is 24.3 Å². The first-order valence-corrected chi connectivity index (χ1v) is 9.51. The van der Waals surface area contributed by atoms with Gasteiger partial charge in [0, 0.05) is 17.6 Å². The van der Waals surface area contributed by atoms with E-state index >= 15 is 0 Å². The number of carbonyl (C=O) groups excluding carboxylic acids is 1. The summed E-state index contributed by atoms with van der Waals surface area (Å²) in [6.07, 6.45) is -0.618. The molecule has 0 spiro atoms. The summed E-state index contributed by atoms with van der Waals surface area (Å²) in [5.41, 5.74) is 1.85. The lowest BCUT2D eigenvalue weighted by molar-refractivity contribution is -0.151. The summed E-state index contributed by atoms with van der Waals surface area (Å²) < 4.78 is 16.0. The maximum Gasteiger partial charge on any atom is 0.350 e. The number of hydrogen-bond acceptors (Lipinski definition) is 6. The summed E-state index contributed by atoms with van der Waals surface area (Å²) in [5.74, 6) is 0.692. The fourth-order valence-electron chi connectivity index (χ4n) is 3.06. The standard InChI is InChI=1S/C21H24ClNO5/c1-13(23-11-17(24)15-4-3-5-16(22)10-15)8-14-6-7-18-19(9-14)27-12-20(28-18)21(25)26-2/h3-7,9-10,13,17,20,23-24H,8,11-12H2,1-2H3/t13?,17-,20?/m1/s1. The van der Waals surface area contributed by atoms with Gasteiger partial charge in [-0.2, -0.15) is 0 Å². The molecule has 0 aromatic heterocycles. The zero-order valence-electron chi connectivity index (χ0n) is 15.9. The number of nitrogens with one attached hydrogen (secondary N) is 1. The van der Waals surface area contributed by atoms with Crippen LogP contribution in [0, 0.1) is 0 Å².